The fourth-order valence-electron chi connectivity index (χ4n) is 0.790. The molecule has 1 aromatic rings. The van der Waals surface area contributed by atoms with Gasteiger partial charge in [0.1, 0.15) is 0 Å². The second-order valence-electron chi connectivity index (χ2n) is 2.78. The molecule has 1 aromatic heterocycles. The Balaban J connectivity index is 2.66. The molecule has 4 heteroatoms. The number of aliphatic hydroxyl groups is 1. The molecule has 0 aliphatic rings. The SMILES string of the molecule is CC(C)c1cn(CCO)nn1. The molecule has 0 aromatic carbocycles. The quantitative estimate of drug-likeness (QED) is 0.687. The van der Waals surface area contributed by atoms with Crippen LogP contribution in [0.15, 0.2) is 6.20 Å². The van der Waals surface area contributed by atoms with Crippen LogP contribution < -0.4 is 0 Å². The van der Waals surface area contributed by atoms with Crippen LogP contribution in [0.3, 0.4) is 0 Å². The van der Waals surface area contributed by atoms with Gasteiger partial charge < -0.3 is 5.11 Å². The molecule has 4 nitrogen and oxygen atoms in total. The van der Waals surface area contributed by atoms with Crippen molar-refractivity contribution in [1.29, 1.82) is 0 Å². The van der Waals surface area contributed by atoms with E-state index in [-0.39, 0.29) is 6.61 Å². The summed E-state index contributed by atoms with van der Waals surface area (Å²) in [5, 5.41) is 16.3. The normalized spacial score (nSPS) is 10.9. The van der Waals surface area contributed by atoms with Crippen molar-refractivity contribution in [2.75, 3.05) is 6.61 Å². The van der Waals surface area contributed by atoms with Crippen molar-refractivity contribution in [2.24, 2.45) is 0 Å². The molecule has 0 fully saturated rings. The monoisotopic (exact) mass is 155 g/mol. The maximum atomic E-state index is 8.58. The van der Waals surface area contributed by atoms with Crippen LogP contribution in [-0.2, 0) is 6.54 Å². The van der Waals surface area contributed by atoms with Gasteiger partial charge in [0.2, 0.25) is 0 Å². The van der Waals surface area contributed by atoms with Crippen molar-refractivity contribution in [3.8, 4) is 0 Å². The van der Waals surface area contributed by atoms with E-state index in [9.17, 15) is 0 Å². The van der Waals surface area contributed by atoms with Gasteiger partial charge in [-0.15, -0.1) is 5.10 Å². The average molecular weight is 155 g/mol. The highest BCUT2D eigenvalue weighted by molar-refractivity contribution is 4.97. The van der Waals surface area contributed by atoms with E-state index in [0.29, 0.717) is 12.5 Å². The molecular formula is C7H13N3O. The Morgan fingerprint density at radius 3 is 2.82 bits per heavy atom. The summed E-state index contributed by atoms with van der Waals surface area (Å²) >= 11 is 0. The Labute approximate surface area is 65.8 Å². The molecule has 1 heterocycles. The van der Waals surface area contributed by atoms with Crippen LogP contribution in [-0.4, -0.2) is 26.7 Å². The van der Waals surface area contributed by atoms with Crippen molar-refractivity contribution in [1.82, 2.24) is 15.0 Å². The molecule has 0 atom stereocenters. The average Bonchev–Trinajstić information content (AvgIpc) is 2.37. The standard InChI is InChI=1S/C7H13N3O/c1-6(2)7-5-10(3-4-11)9-8-7/h5-6,11H,3-4H2,1-2H3. The third-order valence-corrected chi connectivity index (χ3v) is 1.48. The van der Waals surface area contributed by atoms with Gasteiger partial charge in [0.25, 0.3) is 0 Å². The smallest absolute Gasteiger partial charge is 0.0852 e. The van der Waals surface area contributed by atoms with E-state index in [4.69, 9.17) is 5.11 Å². The molecule has 11 heavy (non-hydrogen) atoms. The molecule has 0 spiro atoms. The largest absolute Gasteiger partial charge is 0.394 e. The van der Waals surface area contributed by atoms with Gasteiger partial charge in [-0.25, -0.2) is 4.68 Å². The molecule has 0 bridgehead atoms. The first-order valence-corrected chi connectivity index (χ1v) is 3.75. The van der Waals surface area contributed by atoms with E-state index in [0.717, 1.165) is 5.69 Å². The van der Waals surface area contributed by atoms with E-state index in [1.807, 2.05) is 6.20 Å². The number of rotatable bonds is 3. The molecule has 62 valence electrons. The van der Waals surface area contributed by atoms with Crippen LogP contribution in [0.1, 0.15) is 25.5 Å². The fourth-order valence-corrected chi connectivity index (χ4v) is 0.790. The predicted octanol–water partition coefficient (Wildman–Crippen LogP) is 0.394. The maximum Gasteiger partial charge on any atom is 0.0852 e. The van der Waals surface area contributed by atoms with Gasteiger partial charge >= 0.3 is 0 Å². The molecule has 0 amide bonds. The maximum absolute atomic E-state index is 8.58. The Hall–Kier alpha value is -0.900. The summed E-state index contributed by atoms with van der Waals surface area (Å²) in [6.45, 7) is 4.77. The highest BCUT2D eigenvalue weighted by Gasteiger charge is 2.03. The molecule has 0 saturated carbocycles. The highest BCUT2D eigenvalue weighted by atomic mass is 16.3. The van der Waals surface area contributed by atoms with Crippen LogP contribution in [0.5, 0.6) is 0 Å². The van der Waals surface area contributed by atoms with Crippen LogP contribution in [0, 0.1) is 0 Å². The van der Waals surface area contributed by atoms with Gasteiger partial charge in [-0.2, -0.15) is 0 Å². The zero-order valence-corrected chi connectivity index (χ0v) is 6.86. The van der Waals surface area contributed by atoms with Crippen molar-refractivity contribution < 1.29 is 5.11 Å². The van der Waals surface area contributed by atoms with Gasteiger partial charge in [0.05, 0.1) is 18.8 Å². The minimum absolute atomic E-state index is 0.112. The topological polar surface area (TPSA) is 50.9 Å². The van der Waals surface area contributed by atoms with Crippen LogP contribution in [0.25, 0.3) is 0 Å². The van der Waals surface area contributed by atoms with Gasteiger partial charge in [-0.3, -0.25) is 0 Å². The van der Waals surface area contributed by atoms with Crippen LogP contribution in [0.4, 0.5) is 0 Å². The fraction of sp³-hybridized carbons (Fsp3) is 0.714. The Morgan fingerprint density at radius 1 is 1.64 bits per heavy atom. The zero-order chi connectivity index (χ0) is 8.27. The van der Waals surface area contributed by atoms with Crippen molar-refractivity contribution >= 4 is 0 Å². The van der Waals surface area contributed by atoms with Crippen molar-refractivity contribution in [2.45, 2.75) is 26.3 Å². The predicted molar refractivity (Wildman–Crippen MR) is 41.2 cm³/mol. The second-order valence-corrected chi connectivity index (χ2v) is 2.78. The Kier molecular flexibility index (Phi) is 2.59. The van der Waals surface area contributed by atoms with Crippen molar-refractivity contribution in [3.05, 3.63) is 11.9 Å². The third-order valence-electron chi connectivity index (χ3n) is 1.48. The molecular weight excluding hydrogens is 142 g/mol. The summed E-state index contributed by atoms with van der Waals surface area (Å²) in [7, 11) is 0. The lowest BCUT2D eigenvalue weighted by Crippen LogP contribution is -2.02. The molecule has 0 unspecified atom stereocenters. The number of aliphatic hydroxyl groups excluding tert-OH is 1. The Morgan fingerprint density at radius 2 is 2.36 bits per heavy atom. The lowest BCUT2D eigenvalue weighted by Gasteiger charge is -1.95. The number of nitrogens with zero attached hydrogens (tertiary/aromatic N) is 3. The number of hydrogen-bond acceptors (Lipinski definition) is 3. The molecule has 0 aliphatic carbocycles. The molecule has 0 aliphatic heterocycles. The summed E-state index contributed by atoms with van der Waals surface area (Å²) in [6, 6.07) is 0. The van der Waals surface area contributed by atoms with E-state index >= 15 is 0 Å². The molecule has 1 N–H and O–H groups in total. The minimum Gasteiger partial charge on any atom is -0.394 e. The van der Waals surface area contributed by atoms with Crippen LogP contribution in [0.2, 0.25) is 0 Å². The summed E-state index contributed by atoms with van der Waals surface area (Å²) in [5.41, 5.74) is 0.971. The Bertz CT molecular complexity index is 219. The first kappa shape index (κ1) is 8.20. The van der Waals surface area contributed by atoms with E-state index in [1.54, 1.807) is 4.68 Å². The summed E-state index contributed by atoms with van der Waals surface area (Å²) in [6.07, 6.45) is 1.86. The van der Waals surface area contributed by atoms with Gasteiger partial charge in [0.15, 0.2) is 0 Å². The van der Waals surface area contributed by atoms with E-state index in [1.165, 1.54) is 0 Å². The van der Waals surface area contributed by atoms with Crippen molar-refractivity contribution in [3.63, 3.8) is 0 Å². The van der Waals surface area contributed by atoms with E-state index in [2.05, 4.69) is 24.2 Å². The first-order valence-electron chi connectivity index (χ1n) is 3.75. The second kappa shape index (κ2) is 3.48. The van der Waals surface area contributed by atoms with Crippen LogP contribution >= 0.6 is 0 Å². The molecule has 0 saturated heterocycles. The molecule has 0 radical (unpaired) electrons. The third kappa shape index (κ3) is 2.01. The summed E-state index contributed by atoms with van der Waals surface area (Å²) in [5.74, 6) is 0.405. The minimum atomic E-state index is 0.112. The van der Waals surface area contributed by atoms with Gasteiger partial charge in [-0.05, 0) is 5.92 Å². The molecule has 1 rings (SSSR count). The number of hydrogen-bond donors (Lipinski definition) is 1. The van der Waals surface area contributed by atoms with E-state index < -0.39 is 0 Å². The summed E-state index contributed by atoms with van der Waals surface area (Å²) in [4.78, 5) is 0. The zero-order valence-electron chi connectivity index (χ0n) is 6.86. The highest BCUT2D eigenvalue weighted by Crippen LogP contribution is 2.08. The lowest BCUT2D eigenvalue weighted by molar-refractivity contribution is 0.268. The number of aromatic nitrogens is 3. The van der Waals surface area contributed by atoms with Gasteiger partial charge in [0, 0.05) is 6.20 Å². The summed E-state index contributed by atoms with van der Waals surface area (Å²) < 4.78 is 1.65. The lowest BCUT2D eigenvalue weighted by atomic mass is 10.2. The van der Waals surface area contributed by atoms with Gasteiger partial charge in [-0.1, -0.05) is 19.1 Å². The first-order chi connectivity index (χ1) is 5.24.